The van der Waals surface area contributed by atoms with Gasteiger partial charge in [-0.25, -0.2) is 4.98 Å². The predicted molar refractivity (Wildman–Crippen MR) is 139 cm³/mol. The number of nitriles is 1. The molecule has 0 spiro atoms. The molecule has 5 rings (SSSR count). The third kappa shape index (κ3) is 4.73. The van der Waals surface area contributed by atoms with Crippen molar-refractivity contribution in [2.75, 3.05) is 38.5 Å². The van der Waals surface area contributed by atoms with Crippen LogP contribution in [0.15, 0.2) is 42.2 Å². The van der Waals surface area contributed by atoms with Gasteiger partial charge in [-0.1, -0.05) is 0 Å². The number of rotatable bonds is 6. The Bertz CT molecular complexity index is 1370. The Morgan fingerprint density at radius 3 is 2.85 bits per heavy atom. The largest absolute Gasteiger partial charge is 0.361 e. The molecule has 34 heavy (non-hydrogen) atoms. The number of H-pyrrole nitrogens is 1. The smallest absolute Gasteiger partial charge is 0.107 e. The summed E-state index contributed by atoms with van der Waals surface area (Å²) in [5.41, 5.74) is 6.21. The molecule has 1 fully saturated rings. The standard InChI is InChI=1S/C26H27N7S/c1-18-22-7-8-29-24(22)6-5-23(18)31-26-19(14-28-15-20(26)13-27)3-4-21-17-34-25(30-21)16-33-11-9-32(2)10-12-33/h3-8,14-15,17,29H,9-12,16H2,1-2H3,(H,28,31). The van der Waals surface area contributed by atoms with Crippen molar-refractivity contribution < 1.29 is 0 Å². The van der Waals surface area contributed by atoms with Gasteiger partial charge in [0, 0.05) is 72.3 Å². The monoisotopic (exact) mass is 469 g/mol. The zero-order valence-corrected chi connectivity index (χ0v) is 20.2. The first-order valence-electron chi connectivity index (χ1n) is 11.4. The lowest BCUT2D eigenvalue weighted by Crippen LogP contribution is -2.43. The van der Waals surface area contributed by atoms with E-state index in [4.69, 9.17) is 4.98 Å². The number of nitrogens with zero attached hydrogens (tertiary/aromatic N) is 5. The van der Waals surface area contributed by atoms with Crippen LogP contribution in [-0.4, -0.2) is 58.0 Å². The van der Waals surface area contributed by atoms with Crippen LogP contribution in [0.5, 0.6) is 0 Å². The van der Waals surface area contributed by atoms with Crippen molar-refractivity contribution in [3.8, 4) is 6.07 Å². The van der Waals surface area contributed by atoms with E-state index in [0.717, 1.165) is 76.8 Å². The Morgan fingerprint density at radius 1 is 1.18 bits per heavy atom. The molecule has 7 nitrogen and oxygen atoms in total. The third-order valence-corrected chi connectivity index (χ3v) is 7.17. The second-order valence-electron chi connectivity index (χ2n) is 8.64. The van der Waals surface area contributed by atoms with E-state index in [1.807, 2.05) is 30.5 Å². The first-order valence-corrected chi connectivity index (χ1v) is 12.2. The van der Waals surface area contributed by atoms with Crippen LogP contribution < -0.4 is 5.32 Å². The number of benzene rings is 1. The lowest BCUT2D eigenvalue weighted by Gasteiger charge is -2.31. The number of aromatic nitrogens is 3. The van der Waals surface area contributed by atoms with Gasteiger partial charge in [0.15, 0.2) is 0 Å². The maximum atomic E-state index is 9.71. The van der Waals surface area contributed by atoms with Gasteiger partial charge in [-0.3, -0.25) is 9.88 Å². The van der Waals surface area contributed by atoms with E-state index in [2.05, 4.69) is 56.6 Å². The molecule has 3 aromatic heterocycles. The summed E-state index contributed by atoms with van der Waals surface area (Å²) in [5.74, 6) is 0. The van der Waals surface area contributed by atoms with E-state index >= 15 is 0 Å². The van der Waals surface area contributed by atoms with Crippen LogP contribution in [0.25, 0.3) is 23.1 Å². The molecule has 172 valence electrons. The van der Waals surface area contributed by atoms with Gasteiger partial charge in [0.2, 0.25) is 0 Å². The number of hydrogen-bond acceptors (Lipinski definition) is 7. The second kappa shape index (κ2) is 9.77. The molecule has 0 atom stereocenters. The van der Waals surface area contributed by atoms with E-state index in [9.17, 15) is 5.26 Å². The van der Waals surface area contributed by atoms with E-state index in [1.165, 1.54) is 0 Å². The fourth-order valence-electron chi connectivity index (χ4n) is 4.23. The highest BCUT2D eigenvalue weighted by molar-refractivity contribution is 7.09. The molecule has 4 aromatic rings. The predicted octanol–water partition coefficient (Wildman–Crippen LogP) is 4.86. The highest BCUT2D eigenvalue weighted by Gasteiger charge is 2.15. The fraction of sp³-hybridized carbons (Fsp3) is 0.269. The Balaban J connectivity index is 1.37. The summed E-state index contributed by atoms with van der Waals surface area (Å²) in [7, 11) is 2.17. The van der Waals surface area contributed by atoms with Crippen molar-refractivity contribution >= 4 is 45.8 Å². The molecular formula is C26H27N7S. The van der Waals surface area contributed by atoms with Crippen LogP contribution in [0.2, 0.25) is 0 Å². The Kier molecular flexibility index (Phi) is 6.41. The molecule has 8 heteroatoms. The Hall–Kier alpha value is -3.51. The second-order valence-corrected chi connectivity index (χ2v) is 9.59. The van der Waals surface area contributed by atoms with Gasteiger partial charge in [-0.15, -0.1) is 11.3 Å². The van der Waals surface area contributed by atoms with Gasteiger partial charge in [0.1, 0.15) is 11.1 Å². The number of aromatic amines is 1. The molecule has 0 bridgehead atoms. The average Bonchev–Trinajstić information content (AvgIpc) is 3.51. The van der Waals surface area contributed by atoms with E-state index in [0.29, 0.717) is 5.56 Å². The number of fused-ring (bicyclic) bond motifs is 1. The van der Waals surface area contributed by atoms with Gasteiger partial charge in [-0.2, -0.15) is 5.26 Å². The molecule has 0 amide bonds. The fourth-order valence-corrected chi connectivity index (χ4v) is 5.03. The van der Waals surface area contributed by atoms with Crippen molar-refractivity contribution in [1.29, 1.82) is 5.26 Å². The molecular weight excluding hydrogens is 442 g/mol. The topological polar surface area (TPSA) is 83.9 Å². The molecule has 4 heterocycles. The summed E-state index contributed by atoms with van der Waals surface area (Å²) in [6.07, 6.45) is 9.29. The van der Waals surface area contributed by atoms with Gasteiger partial charge in [0.05, 0.1) is 23.5 Å². The number of hydrogen-bond donors (Lipinski definition) is 2. The highest BCUT2D eigenvalue weighted by Crippen LogP contribution is 2.31. The Labute approximate surface area is 203 Å². The summed E-state index contributed by atoms with van der Waals surface area (Å²) in [5, 5.41) is 17.6. The third-order valence-electron chi connectivity index (χ3n) is 6.32. The van der Waals surface area contributed by atoms with Crippen LogP contribution in [-0.2, 0) is 6.54 Å². The summed E-state index contributed by atoms with van der Waals surface area (Å²) >= 11 is 1.69. The number of nitrogens with one attached hydrogen (secondary N) is 2. The molecule has 2 N–H and O–H groups in total. The van der Waals surface area contributed by atoms with Crippen molar-refractivity contribution in [3.63, 3.8) is 0 Å². The molecule has 1 saturated heterocycles. The molecule has 1 aliphatic rings. The molecule has 1 aromatic carbocycles. The number of pyridine rings is 1. The van der Waals surface area contributed by atoms with Gasteiger partial charge in [0.25, 0.3) is 0 Å². The minimum atomic E-state index is 0.504. The maximum Gasteiger partial charge on any atom is 0.107 e. The lowest BCUT2D eigenvalue weighted by atomic mass is 10.1. The highest BCUT2D eigenvalue weighted by atomic mass is 32.1. The van der Waals surface area contributed by atoms with Crippen molar-refractivity contribution in [2.24, 2.45) is 0 Å². The van der Waals surface area contributed by atoms with Crippen molar-refractivity contribution in [1.82, 2.24) is 24.8 Å². The minimum Gasteiger partial charge on any atom is -0.361 e. The van der Waals surface area contributed by atoms with Gasteiger partial charge in [-0.05, 0) is 49.9 Å². The number of aryl methyl sites for hydroxylation is 1. The van der Waals surface area contributed by atoms with Crippen LogP contribution in [0, 0.1) is 18.3 Å². The van der Waals surface area contributed by atoms with Crippen molar-refractivity contribution in [3.05, 3.63) is 69.6 Å². The zero-order chi connectivity index (χ0) is 23.5. The van der Waals surface area contributed by atoms with Crippen LogP contribution >= 0.6 is 11.3 Å². The average molecular weight is 470 g/mol. The van der Waals surface area contributed by atoms with Crippen LogP contribution in [0.4, 0.5) is 11.4 Å². The van der Waals surface area contributed by atoms with Gasteiger partial charge < -0.3 is 15.2 Å². The normalized spacial score (nSPS) is 15.2. The maximum absolute atomic E-state index is 9.71. The lowest BCUT2D eigenvalue weighted by molar-refractivity contribution is 0.148. The minimum absolute atomic E-state index is 0.504. The van der Waals surface area contributed by atoms with E-state index < -0.39 is 0 Å². The Morgan fingerprint density at radius 2 is 2.03 bits per heavy atom. The zero-order valence-electron chi connectivity index (χ0n) is 19.4. The number of anilines is 2. The quantitative estimate of drug-likeness (QED) is 0.420. The van der Waals surface area contributed by atoms with Crippen LogP contribution in [0.3, 0.4) is 0 Å². The molecule has 1 aliphatic heterocycles. The van der Waals surface area contributed by atoms with Crippen molar-refractivity contribution in [2.45, 2.75) is 13.5 Å². The summed E-state index contributed by atoms with van der Waals surface area (Å²) in [6, 6.07) is 8.42. The van der Waals surface area contributed by atoms with E-state index in [1.54, 1.807) is 23.7 Å². The first-order chi connectivity index (χ1) is 16.6. The number of likely N-dealkylation sites (N-methyl/N-ethyl adjacent to an activating group) is 1. The van der Waals surface area contributed by atoms with Crippen LogP contribution in [0.1, 0.15) is 27.4 Å². The summed E-state index contributed by atoms with van der Waals surface area (Å²) in [4.78, 5) is 17.1. The molecule has 0 saturated carbocycles. The summed E-state index contributed by atoms with van der Waals surface area (Å²) < 4.78 is 0. The summed E-state index contributed by atoms with van der Waals surface area (Å²) in [6.45, 7) is 7.34. The first kappa shape index (κ1) is 22.3. The SMILES string of the molecule is Cc1c(Nc2c(C#N)cncc2C=Cc2csc(CN3CCN(C)CC3)n2)ccc2[nH]ccc12. The number of thiazole rings is 1. The molecule has 0 unspecified atom stereocenters. The molecule has 0 aliphatic carbocycles. The molecule has 0 radical (unpaired) electrons. The number of piperazine rings is 1. The van der Waals surface area contributed by atoms with E-state index in [-0.39, 0.29) is 0 Å². The van der Waals surface area contributed by atoms with Gasteiger partial charge >= 0.3 is 0 Å².